The predicted molar refractivity (Wildman–Crippen MR) is 173 cm³/mol. The number of nitrogens with one attached hydrogen (secondary N) is 2. The Kier molecular flexibility index (Phi) is 9.62. The molecule has 1 aliphatic rings. The first-order valence-corrected chi connectivity index (χ1v) is 15.0. The van der Waals surface area contributed by atoms with Gasteiger partial charge in [-0.15, -0.1) is 11.8 Å². The molecule has 0 aliphatic carbocycles. The molecule has 1 unspecified atom stereocenters. The van der Waals surface area contributed by atoms with Crippen molar-refractivity contribution in [3.05, 3.63) is 134 Å². The average molecular weight is 662 g/mol. The van der Waals surface area contributed by atoms with Crippen LogP contribution in [0.25, 0.3) is 6.08 Å². The number of thioether (sulfide) groups is 1. The van der Waals surface area contributed by atoms with E-state index >= 15 is 0 Å². The first kappa shape index (κ1) is 31.5. The van der Waals surface area contributed by atoms with E-state index in [1.807, 2.05) is 0 Å². The van der Waals surface area contributed by atoms with Crippen molar-refractivity contribution >= 4 is 81.7 Å². The van der Waals surface area contributed by atoms with Crippen molar-refractivity contribution in [1.29, 1.82) is 0 Å². The summed E-state index contributed by atoms with van der Waals surface area (Å²) in [5.41, 5.74) is 1.11. The van der Waals surface area contributed by atoms with Gasteiger partial charge in [0.1, 0.15) is 5.70 Å². The summed E-state index contributed by atoms with van der Waals surface area (Å²) in [4.78, 5) is 64.0. The second-order valence-electron chi connectivity index (χ2n) is 9.64. The van der Waals surface area contributed by atoms with Crippen LogP contribution in [0.2, 0.25) is 10.0 Å². The van der Waals surface area contributed by atoms with Crippen LogP contribution in [0.5, 0.6) is 0 Å². The summed E-state index contributed by atoms with van der Waals surface area (Å²) in [6.45, 7) is 0. The molecule has 226 valence electrons. The fourth-order valence-corrected chi connectivity index (χ4v) is 5.97. The quantitative estimate of drug-likeness (QED) is 0.0877. The van der Waals surface area contributed by atoms with Crippen molar-refractivity contribution in [2.75, 3.05) is 10.2 Å². The molecule has 4 aromatic rings. The minimum Gasteiger partial charge on any atom is -0.321 e. The molecule has 0 radical (unpaired) electrons. The highest BCUT2D eigenvalue weighted by atomic mass is 35.5. The average Bonchev–Trinajstić information content (AvgIpc) is 3.31. The van der Waals surface area contributed by atoms with Crippen molar-refractivity contribution < 1.29 is 24.1 Å². The van der Waals surface area contributed by atoms with Crippen molar-refractivity contribution in [2.45, 2.75) is 16.6 Å². The summed E-state index contributed by atoms with van der Waals surface area (Å²) < 4.78 is 0. The number of rotatable bonds is 9. The Hall–Kier alpha value is -4.97. The lowest BCUT2D eigenvalue weighted by atomic mass is 10.1. The Morgan fingerprint density at radius 2 is 1.53 bits per heavy atom. The third-order valence-electron chi connectivity index (χ3n) is 6.63. The van der Waals surface area contributed by atoms with Gasteiger partial charge in [0.25, 0.3) is 17.5 Å². The van der Waals surface area contributed by atoms with E-state index < -0.39 is 33.8 Å². The molecular weight excluding hydrogens is 639 g/mol. The molecule has 0 bridgehead atoms. The van der Waals surface area contributed by atoms with Crippen LogP contribution in [-0.4, -0.2) is 33.8 Å². The summed E-state index contributed by atoms with van der Waals surface area (Å²) >= 11 is 13.8. The summed E-state index contributed by atoms with van der Waals surface area (Å²) in [7, 11) is 0. The van der Waals surface area contributed by atoms with Gasteiger partial charge in [0.2, 0.25) is 11.8 Å². The van der Waals surface area contributed by atoms with Crippen LogP contribution < -0.4 is 15.5 Å². The molecule has 0 saturated carbocycles. The number of anilines is 2. The Labute approximate surface area is 271 Å². The Balaban J connectivity index is 1.29. The topological polar surface area (TPSA) is 139 Å². The van der Waals surface area contributed by atoms with Crippen molar-refractivity contribution in [2.24, 2.45) is 0 Å². The van der Waals surface area contributed by atoms with Crippen LogP contribution in [-0.2, 0) is 14.4 Å². The molecule has 4 amide bonds. The van der Waals surface area contributed by atoms with E-state index in [4.69, 9.17) is 23.2 Å². The van der Waals surface area contributed by atoms with E-state index in [1.54, 1.807) is 72.8 Å². The number of nitro benzene ring substituents is 1. The van der Waals surface area contributed by atoms with Gasteiger partial charge < -0.3 is 10.6 Å². The van der Waals surface area contributed by atoms with Gasteiger partial charge in [-0.2, -0.15) is 0 Å². The molecule has 10 nitrogen and oxygen atoms in total. The standard InChI is InChI=1S/C32H22Cl2N4O6S/c33-25-7-4-8-26(34)24(25)17-27(36-30(40)19-5-2-1-3-6-19)31(41)35-20-9-15-23(16-10-20)45-28-18-29(39)37(32(28)42)21-11-13-22(14-12-21)38(43)44/h1-17,28H,18H2,(H,35,41)(H,36,40)/b27-17-. The predicted octanol–water partition coefficient (Wildman–Crippen LogP) is 6.74. The van der Waals surface area contributed by atoms with E-state index in [0.29, 0.717) is 21.7 Å². The highest BCUT2D eigenvalue weighted by molar-refractivity contribution is 8.00. The lowest BCUT2D eigenvalue weighted by molar-refractivity contribution is -0.384. The van der Waals surface area contributed by atoms with Crippen molar-refractivity contribution in [1.82, 2.24) is 5.32 Å². The molecule has 1 atom stereocenters. The second-order valence-corrected chi connectivity index (χ2v) is 11.7. The maximum atomic E-state index is 13.4. The largest absolute Gasteiger partial charge is 0.321 e. The number of amides is 4. The molecule has 2 N–H and O–H groups in total. The van der Waals surface area contributed by atoms with Gasteiger partial charge in [0.15, 0.2) is 0 Å². The molecule has 1 aliphatic heterocycles. The number of carbonyl (C=O) groups is 4. The van der Waals surface area contributed by atoms with Crippen LogP contribution >= 0.6 is 35.0 Å². The van der Waals surface area contributed by atoms with E-state index in [9.17, 15) is 29.3 Å². The molecular formula is C32H22Cl2N4O6S. The number of hydrogen-bond donors (Lipinski definition) is 2. The number of hydrogen-bond acceptors (Lipinski definition) is 7. The van der Waals surface area contributed by atoms with Crippen LogP contribution in [0.4, 0.5) is 17.1 Å². The third-order valence-corrected chi connectivity index (χ3v) is 8.49. The molecule has 45 heavy (non-hydrogen) atoms. The zero-order valence-electron chi connectivity index (χ0n) is 23.1. The summed E-state index contributed by atoms with van der Waals surface area (Å²) in [5, 5.41) is 16.2. The Bertz CT molecular complexity index is 1810. The van der Waals surface area contributed by atoms with Gasteiger partial charge in [-0.1, -0.05) is 47.5 Å². The van der Waals surface area contributed by atoms with Gasteiger partial charge in [0.05, 0.1) is 15.9 Å². The SMILES string of the molecule is O=C(Nc1ccc(SC2CC(=O)N(c3ccc([N+](=O)[O-])cc3)C2=O)cc1)/C(=C/c1c(Cl)cccc1Cl)NC(=O)c1ccccc1. The monoisotopic (exact) mass is 660 g/mol. The van der Waals surface area contributed by atoms with Crippen LogP contribution in [0.15, 0.2) is 108 Å². The molecule has 1 fully saturated rings. The van der Waals surface area contributed by atoms with Crippen LogP contribution in [0.1, 0.15) is 22.3 Å². The van der Waals surface area contributed by atoms with E-state index in [0.717, 1.165) is 4.90 Å². The van der Waals surface area contributed by atoms with E-state index in [2.05, 4.69) is 10.6 Å². The van der Waals surface area contributed by atoms with Crippen molar-refractivity contribution in [3.8, 4) is 0 Å². The fourth-order valence-electron chi connectivity index (χ4n) is 4.41. The smallest absolute Gasteiger partial charge is 0.272 e. The van der Waals surface area contributed by atoms with Crippen LogP contribution in [0, 0.1) is 10.1 Å². The first-order valence-electron chi connectivity index (χ1n) is 13.3. The van der Waals surface area contributed by atoms with Gasteiger partial charge in [-0.25, -0.2) is 4.90 Å². The lowest BCUT2D eigenvalue weighted by Crippen LogP contribution is -2.31. The normalized spacial score (nSPS) is 14.8. The summed E-state index contributed by atoms with van der Waals surface area (Å²) in [6, 6.07) is 25.1. The number of nitrogens with zero attached hydrogens (tertiary/aromatic N) is 2. The van der Waals surface area contributed by atoms with Gasteiger partial charge in [0, 0.05) is 50.3 Å². The fraction of sp³-hybridized carbons (Fsp3) is 0.0625. The molecule has 0 aromatic heterocycles. The molecule has 4 aromatic carbocycles. The third kappa shape index (κ3) is 7.40. The molecule has 1 saturated heterocycles. The number of imide groups is 1. The Morgan fingerprint density at radius 3 is 2.16 bits per heavy atom. The van der Waals surface area contributed by atoms with E-state index in [1.165, 1.54) is 42.1 Å². The van der Waals surface area contributed by atoms with Gasteiger partial charge in [-0.3, -0.25) is 29.3 Å². The minimum absolute atomic E-state index is 0.0428. The highest BCUT2D eigenvalue weighted by Gasteiger charge is 2.40. The Morgan fingerprint density at radius 1 is 0.889 bits per heavy atom. The van der Waals surface area contributed by atoms with Crippen molar-refractivity contribution in [3.63, 3.8) is 0 Å². The van der Waals surface area contributed by atoms with Gasteiger partial charge >= 0.3 is 0 Å². The van der Waals surface area contributed by atoms with Gasteiger partial charge in [-0.05, 0) is 66.7 Å². The maximum Gasteiger partial charge on any atom is 0.272 e. The van der Waals surface area contributed by atoms with E-state index in [-0.39, 0.29) is 33.5 Å². The molecule has 13 heteroatoms. The summed E-state index contributed by atoms with van der Waals surface area (Å²) in [6.07, 6.45) is 1.35. The van der Waals surface area contributed by atoms with Crippen LogP contribution in [0.3, 0.4) is 0 Å². The first-order chi connectivity index (χ1) is 21.6. The molecule has 5 rings (SSSR count). The number of carbonyl (C=O) groups excluding carboxylic acids is 4. The zero-order valence-corrected chi connectivity index (χ0v) is 25.4. The molecule has 1 heterocycles. The number of benzene rings is 4. The lowest BCUT2D eigenvalue weighted by Gasteiger charge is -2.15. The number of nitro groups is 1. The highest BCUT2D eigenvalue weighted by Crippen LogP contribution is 2.35. The number of non-ortho nitro benzene ring substituents is 1. The summed E-state index contributed by atoms with van der Waals surface area (Å²) in [5.74, 6) is -1.99. The minimum atomic E-state index is -0.698. The number of halogens is 2. The molecule has 0 spiro atoms. The maximum absolute atomic E-state index is 13.4. The zero-order chi connectivity index (χ0) is 32.1. The second kappa shape index (κ2) is 13.8.